The third-order valence-corrected chi connectivity index (χ3v) is 2.81. The van der Waals surface area contributed by atoms with Crippen molar-refractivity contribution >= 4 is 28.7 Å². The Morgan fingerprint density at radius 1 is 1.31 bits per heavy atom. The molecule has 1 aromatic rings. The highest BCUT2D eigenvalue weighted by Gasteiger charge is 2.18. The first-order valence-electron chi connectivity index (χ1n) is 5.30. The van der Waals surface area contributed by atoms with Gasteiger partial charge in [-0.25, -0.2) is 4.39 Å². The van der Waals surface area contributed by atoms with Gasteiger partial charge >= 0.3 is 0 Å². The molecule has 16 heavy (non-hydrogen) atoms. The lowest BCUT2D eigenvalue weighted by Gasteiger charge is -2.25. The molecule has 0 saturated heterocycles. The summed E-state index contributed by atoms with van der Waals surface area (Å²) in [5.74, 6) is -0.533. The first-order valence-corrected chi connectivity index (χ1v) is 5.68. The predicted octanol–water partition coefficient (Wildman–Crippen LogP) is 2.88. The fourth-order valence-electron chi connectivity index (χ4n) is 1.68. The summed E-state index contributed by atoms with van der Waals surface area (Å²) in [6.45, 7) is 5.38. The minimum Gasteiger partial charge on any atom is -0.397 e. The van der Waals surface area contributed by atoms with Crippen LogP contribution >= 0.6 is 11.6 Å². The van der Waals surface area contributed by atoms with Crippen LogP contribution < -0.4 is 16.4 Å². The van der Waals surface area contributed by atoms with Crippen LogP contribution in [0.4, 0.5) is 21.5 Å². The van der Waals surface area contributed by atoms with Crippen LogP contribution in [-0.4, -0.2) is 13.1 Å². The second kappa shape index (κ2) is 5.25. The van der Waals surface area contributed by atoms with Gasteiger partial charge in [0.25, 0.3) is 0 Å². The average Bonchev–Trinajstić information content (AvgIpc) is 2.25. The molecule has 0 aliphatic rings. The van der Waals surface area contributed by atoms with Crippen molar-refractivity contribution < 1.29 is 4.39 Å². The Kier molecular flexibility index (Phi) is 4.24. The summed E-state index contributed by atoms with van der Waals surface area (Å²) in [6, 6.07) is 1.50. The zero-order valence-electron chi connectivity index (χ0n) is 9.56. The van der Waals surface area contributed by atoms with Gasteiger partial charge in [0.05, 0.1) is 17.1 Å². The van der Waals surface area contributed by atoms with Gasteiger partial charge in [0.1, 0.15) is 5.02 Å². The van der Waals surface area contributed by atoms with Crippen molar-refractivity contribution in [2.45, 2.75) is 20.3 Å². The molecule has 0 aliphatic heterocycles. The van der Waals surface area contributed by atoms with Crippen LogP contribution in [0, 0.1) is 5.82 Å². The minimum atomic E-state index is -0.533. The van der Waals surface area contributed by atoms with Crippen molar-refractivity contribution in [2.75, 3.05) is 29.5 Å². The molecule has 4 N–H and O–H groups in total. The molecule has 1 rings (SSSR count). The van der Waals surface area contributed by atoms with Gasteiger partial charge in [0.2, 0.25) is 0 Å². The van der Waals surface area contributed by atoms with Crippen LogP contribution in [0.25, 0.3) is 0 Å². The molecule has 0 aromatic heterocycles. The van der Waals surface area contributed by atoms with Crippen molar-refractivity contribution in [3.63, 3.8) is 0 Å². The van der Waals surface area contributed by atoms with Crippen molar-refractivity contribution in [1.29, 1.82) is 0 Å². The van der Waals surface area contributed by atoms with E-state index in [2.05, 4.69) is 0 Å². The second-order valence-electron chi connectivity index (χ2n) is 3.61. The lowest BCUT2D eigenvalue weighted by Crippen LogP contribution is -2.25. The fourth-order valence-corrected chi connectivity index (χ4v) is 1.82. The molecule has 0 heterocycles. The van der Waals surface area contributed by atoms with E-state index in [1.165, 1.54) is 6.07 Å². The van der Waals surface area contributed by atoms with Crippen LogP contribution in [0.2, 0.25) is 5.02 Å². The molecule has 0 aliphatic carbocycles. The van der Waals surface area contributed by atoms with Gasteiger partial charge in [-0.2, -0.15) is 0 Å². The fraction of sp³-hybridized carbons (Fsp3) is 0.455. The van der Waals surface area contributed by atoms with Crippen LogP contribution in [0.15, 0.2) is 6.07 Å². The summed E-state index contributed by atoms with van der Waals surface area (Å²) >= 11 is 5.77. The van der Waals surface area contributed by atoms with E-state index in [0.29, 0.717) is 17.9 Å². The van der Waals surface area contributed by atoms with E-state index < -0.39 is 5.82 Å². The van der Waals surface area contributed by atoms with E-state index in [-0.39, 0.29) is 10.7 Å². The maximum absolute atomic E-state index is 14.0. The molecule has 0 atom stereocenters. The molecule has 0 unspecified atom stereocenters. The molecule has 3 nitrogen and oxygen atoms in total. The smallest absolute Gasteiger partial charge is 0.169 e. The Balaban J connectivity index is 3.26. The van der Waals surface area contributed by atoms with Gasteiger partial charge in [0, 0.05) is 13.1 Å². The predicted molar refractivity (Wildman–Crippen MR) is 68.4 cm³/mol. The number of halogens is 2. The number of benzene rings is 1. The molecular formula is C11H17ClFN3. The maximum Gasteiger partial charge on any atom is 0.169 e. The first-order chi connectivity index (χ1) is 7.52. The van der Waals surface area contributed by atoms with Gasteiger partial charge in [-0.15, -0.1) is 0 Å². The normalized spacial score (nSPS) is 10.5. The summed E-state index contributed by atoms with van der Waals surface area (Å²) in [5.41, 5.74) is 12.2. The Morgan fingerprint density at radius 2 is 1.94 bits per heavy atom. The largest absolute Gasteiger partial charge is 0.397 e. The van der Waals surface area contributed by atoms with E-state index in [0.717, 1.165) is 13.0 Å². The monoisotopic (exact) mass is 245 g/mol. The van der Waals surface area contributed by atoms with Crippen LogP contribution in [0.3, 0.4) is 0 Å². The molecular weight excluding hydrogens is 229 g/mol. The van der Waals surface area contributed by atoms with E-state index in [1.807, 2.05) is 18.7 Å². The van der Waals surface area contributed by atoms with E-state index in [9.17, 15) is 4.39 Å². The van der Waals surface area contributed by atoms with E-state index in [1.54, 1.807) is 0 Å². The van der Waals surface area contributed by atoms with Crippen molar-refractivity contribution in [3.8, 4) is 0 Å². The summed E-state index contributed by atoms with van der Waals surface area (Å²) in [5, 5.41) is -0.0567. The molecule has 0 radical (unpaired) electrons. The zero-order chi connectivity index (χ0) is 12.3. The summed E-state index contributed by atoms with van der Waals surface area (Å²) in [6.07, 6.45) is 0.911. The Bertz CT molecular complexity index is 382. The number of nitrogen functional groups attached to an aromatic ring is 2. The Morgan fingerprint density at radius 3 is 2.44 bits per heavy atom. The van der Waals surface area contributed by atoms with Gasteiger partial charge < -0.3 is 16.4 Å². The van der Waals surface area contributed by atoms with Crippen LogP contribution in [0.1, 0.15) is 20.3 Å². The molecule has 0 amide bonds. The van der Waals surface area contributed by atoms with Gasteiger partial charge in [-0.1, -0.05) is 18.5 Å². The second-order valence-corrected chi connectivity index (χ2v) is 3.99. The van der Waals surface area contributed by atoms with Crippen LogP contribution in [-0.2, 0) is 0 Å². The number of nitrogens with two attached hydrogens (primary N) is 2. The number of anilines is 3. The first kappa shape index (κ1) is 12.9. The maximum atomic E-state index is 14.0. The molecule has 0 spiro atoms. The Hall–Kier alpha value is -1.16. The number of rotatable bonds is 4. The zero-order valence-corrected chi connectivity index (χ0v) is 10.3. The SMILES string of the molecule is CCCN(CC)c1c(N)cc(N)c(Cl)c1F. The Labute approximate surface area is 100 Å². The van der Waals surface area contributed by atoms with Crippen molar-refractivity contribution in [1.82, 2.24) is 0 Å². The molecule has 0 saturated carbocycles. The number of hydrogen-bond acceptors (Lipinski definition) is 3. The average molecular weight is 246 g/mol. The molecule has 0 bridgehead atoms. The highest BCUT2D eigenvalue weighted by molar-refractivity contribution is 6.33. The number of nitrogens with zero attached hydrogens (tertiary/aromatic N) is 1. The highest BCUT2D eigenvalue weighted by atomic mass is 35.5. The van der Waals surface area contributed by atoms with Gasteiger partial charge in [-0.3, -0.25) is 0 Å². The third kappa shape index (κ3) is 2.32. The summed E-state index contributed by atoms with van der Waals surface area (Å²) in [4.78, 5) is 1.86. The highest BCUT2D eigenvalue weighted by Crippen LogP contribution is 2.36. The summed E-state index contributed by atoms with van der Waals surface area (Å²) < 4.78 is 14.0. The van der Waals surface area contributed by atoms with Gasteiger partial charge in [0.15, 0.2) is 5.82 Å². The quantitative estimate of drug-likeness (QED) is 0.802. The third-order valence-electron chi connectivity index (χ3n) is 2.43. The number of hydrogen-bond donors (Lipinski definition) is 2. The standard InChI is InChI=1S/C11H17ClFN3/c1-3-5-16(4-2)11-8(15)6-7(14)9(12)10(11)13/h6H,3-5,14-15H2,1-2H3. The lowest BCUT2D eigenvalue weighted by molar-refractivity contribution is 0.619. The molecule has 90 valence electrons. The lowest BCUT2D eigenvalue weighted by atomic mass is 10.2. The van der Waals surface area contributed by atoms with Gasteiger partial charge in [-0.05, 0) is 19.4 Å². The van der Waals surface area contributed by atoms with Crippen molar-refractivity contribution in [2.24, 2.45) is 0 Å². The summed E-state index contributed by atoms with van der Waals surface area (Å²) in [7, 11) is 0. The molecule has 1 aromatic carbocycles. The topological polar surface area (TPSA) is 55.3 Å². The molecule has 5 heteroatoms. The van der Waals surface area contributed by atoms with Crippen LogP contribution in [0.5, 0.6) is 0 Å². The minimum absolute atomic E-state index is 0.0567. The molecule has 0 fully saturated rings. The van der Waals surface area contributed by atoms with E-state index in [4.69, 9.17) is 23.1 Å². The van der Waals surface area contributed by atoms with Crippen molar-refractivity contribution in [3.05, 3.63) is 16.9 Å². The van der Waals surface area contributed by atoms with E-state index >= 15 is 0 Å².